The van der Waals surface area contributed by atoms with Crippen molar-refractivity contribution in [1.29, 1.82) is 0 Å². The molecule has 0 aliphatic rings. The van der Waals surface area contributed by atoms with Crippen LogP contribution in [-0.2, 0) is 0 Å². The fourth-order valence-electron chi connectivity index (χ4n) is 1.92. The van der Waals surface area contributed by atoms with Crippen molar-refractivity contribution in [2.75, 3.05) is 20.1 Å². The van der Waals surface area contributed by atoms with Crippen molar-refractivity contribution in [3.05, 3.63) is 48.1 Å². The summed E-state index contributed by atoms with van der Waals surface area (Å²) in [5.41, 5.74) is 9.46. The van der Waals surface area contributed by atoms with Gasteiger partial charge in [0.15, 0.2) is 0 Å². The Hall–Kier alpha value is -1.91. The molecule has 0 amide bonds. The van der Waals surface area contributed by atoms with Crippen molar-refractivity contribution in [3.8, 4) is 5.75 Å². The number of nitrogens with zero attached hydrogens (tertiary/aromatic N) is 1. The zero-order valence-electron chi connectivity index (χ0n) is 14.0. The van der Waals surface area contributed by atoms with Crippen LogP contribution in [0.1, 0.15) is 26.3 Å². The van der Waals surface area contributed by atoms with Gasteiger partial charge in [-0.05, 0) is 45.5 Å². The second-order valence-electron chi connectivity index (χ2n) is 5.18. The normalized spacial score (nSPS) is 13.9. The molecule has 4 nitrogen and oxygen atoms in total. The summed E-state index contributed by atoms with van der Waals surface area (Å²) in [4.78, 5) is 4.66. The van der Waals surface area contributed by atoms with E-state index in [0.717, 1.165) is 28.3 Å². The molecule has 1 aromatic carbocycles. The molecule has 4 heteroatoms. The maximum atomic E-state index is 6.04. The lowest BCUT2D eigenvalue weighted by Crippen LogP contribution is -2.36. The van der Waals surface area contributed by atoms with E-state index in [9.17, 15) is 0 Å². The molecular weight excluding hydrogens is 274 g/mol. The Bertz CT molecular complexity index is 561. The van der Waals surface area contributed by atoms with Gasteiger partial charge >= 0.3 is 0 Å². The van der Waals surface area contributed by atoms with Crippen LogP contribution in [0.4, 0.5) is 0 Å². The fraction of sp³-hybridized carbons (Fsp3) is 0.389. The number of para-hydroxylation sites is 1. The molecule has 0 radical (unpaired) electrons. The van der Waals surface area contributed by atoms with Crippen LogP contribution < -0.4 is 15.8 Å². The number of nitrogens with one attached hydrogen (secondary N) is 1. The number of likely N-dealkylation sites (N-methyl/N-ethyl adjacent to an activating group) is 1. The second-order valence-corrected chi connectivity index (χ2v) is 5.18. The first kappa shape index (κ1) is 18.1. The van der Waals surface area contributed by atoms with Gasteiger partial charge in [-0.2, -0.15) is 0 Å². The van der Waals surface area contributed by atoms with Gasteiger partial charge in [0.25, 0.3) is 0 Å². The monoisotopic (exact) mass is 301 g/mol. The molecule has 0 aromatic heterocycles. The van der Waals surface area contributed by atoms with Crippen molar-refractivity contribution in [1.82, 2.24) is 5.32 Å². The Morgan fingerprint density at radius 1 is 1.41 bits per heavy atom. The van der Waals surface area contributed by atoms with Gasteiger partial charge in [0.1, 0.15) is 11.9 Å². The van der Waals surface area contributed by atoms with E-state index in [0.29, 0.717) is 13.1 Å². The third-order valence-electron chi connectivity index (χ3n) is 3.33. The Kier molecular flexibility index (Phi) is 7.57. The molecule has 22 heavy (non-hydrogen) atoms. The SMILES string of the molecule is C=C(C)C(C)=N/C(=C\C)c1ccccc1OC(CN)CNC. The molecule has 1 rings (SSSR count). The van der Waals surface area contributed by atoms with Crippen molar-refractivity contribution in [3.63, 3.8) is 0 Å². The van der Waals surface area contributed by atoms with Crippen molar-refractivity contribution < 1.29 is 4.74 Å². The topological polar surface area (TPSA) is 59.6 Å². The van der Waals surface area contributed by atoms with Gasteiger partial charge in [-0.3, -0.25) is 4.99 Å². The van der Waals surface area contributed by atoms with E-state index < -0.39 is 0 Å². The minimum absolute atomic E-state index is 0.0736. The van der Waals surface area contributed by atoms with E-state index in [-0.39, 0.29) is 6.10 Å². The van der Waals surface area contributed by atoms with Crippen LogP contribution in [0, 0.1) is 0 Å². The molecule has 0 aliphatic carbocycles. The predicted molar refractivity (Wildman–Crippen MR) is 95.4 cm³/mol. The molecule has 0 bridgehead atoms. The van der Waals surface area contributed by atoms with E-state index in [2.05, 4.69) is 16.9 Å². The van der Waals surface area contributed by atoms with E-state index in [1.807, 2.05) is 58.2 Å². The molecule has 120 valence electrons. The Morgan fingerprint density at radius 2 is 2.09 bits per heavy atom. The lowest BCUT2D eigenvalue weighted by Gasteiger charge is -2.19. The van der Waals surface area contributed by atoms with E-state index in [4.69, 9.17) is 10.5 Å². The number of rotatable bonds is 8. The lowest BCUT2D eigenvalue weighted by molar-refractivity contribution is 0.208. The number of nitrogens with two attached hydrogens (primary N) is 1. The van der Waals surface area contributed by atoms with Crippen LogP contribution >= 0.6 is 0 Å². The summed E-state index contributed by atoms with van der Waals surface area (Å²) in [6, 6.07) is 7.89. The maximum Gasteiger partial charge on any atom is 0.129 e. The van der Waals surface area contributed by atoms with Crippen LogP contribution in [-0.4, -0.2) is 32.0 Å². The highest BCUT2D eigenvalue weighted by Gasteiger charge is 2.13. The molecule has 0 aliphatic heterocycles. The highest BCUT2D eigenvalue weighted by Crippen LogP contribution is 2.28. The van der Waals surface area contributed by atoms with Gasteiger partial charge in [-0.15, -0.1) is 0 Å². The standard InChI is InChI=1S/C18H27N3O/c1-6-17(21-14(4)13(2)3)16-9-7-8-10-18(16)22-15(11-19)12-20-5/h6-10,15,20H,2,11-12,19H2,1,3-5H3/b17-6-,21-14?. The molecule has 0 saturated carbocycles. The summed E-state index contributed by atoms with van der Waals surface area (Å²) in [7, 11) is 1.88. The Balaban J connectivity index is 3.14. The van der Waals surface area contributed by atoms with Crippen LogP contribution in [0.15, 0.2) is 47.5 Å². The van der Waals surface area contributed by atoms with E-state index >= 15 is 0 Å². The molecule has 0 spiro atoms. The predicted octanol–water partition coefficient (Wildman–Crippen LogP) is 3.01. The maximum absolute atomic E-state index is 6.04. The molecule has 1 aromatic rings. The number of allylic oxidation sites excluding steroid dienone is 2. The number of aliphatic imine (C=N–C) groups is 1. The fourth-order valence-corrected chi connectivity index (χ4v) is 1.92. The number of hydrogen-bond donors (Lipinski definition) is 2. The molecular formula is C18H27N3O. The molecule has 1 unspecified atom stereocenters. The lowest BCUT2D eigenvalue weighted by atomic mass is 10.1. The number of hydrogen-bond acceptors (Lipinski definition) is 4. The van der Waals surface area contributed by atoms with Gasteiger partial charge in [-0.1, -0.05) is 24.8 Å². The van der Waals surface area contributed by atoms with Gasteiger partial charge in [0.2, 0.25) is 0 Å². The first-order valence-electron chi connectivity index (χ1n) is 7.51. The molecule has 1 atom stereocenters. The first-order chi connectivity index (χ1) is 10.5. The highest BCUT2D eigenvalue weighted by molar-refractivity contribution is 6.00. The van der Waals surface area contributed by atoms with Crippen LogP contribution in [0.5, 0.6) is 5.75 Å². The van der Waals surface area contributed by atoms with Crippen molar-refractivity contribution >= 4 is 11.4 Å². The summed E-state index contributed by atoms with van der Waals surface area (Å²) in [6.07, 6.45) is 1.90. The minimum atomic E-state index is -0.0736. The summed E-state index contributed by atoms with van der Waals surface area (Å²) in [6.45, 7) is 11.0. The van der Waals surface area contributed by atoms with E-state index in [1.54, 1.807) is 0 Å². The van der Waals surface area contributed by atoms with Crippen molar-refractivity contribution in [2.24, 2.45) is 10.7 Å². The molecule has 0 fully saturated rings. The van der Waals surface area contributed by atoms with Crippen LogP contribution in [0.2, 0.25) is 0 Å². The van der Waals surface area contributed by atoms with Crippen LogP contribution in [0.3, 0.4) is 0 Å². The summed E-state index contributed by atoms with van der Waals surface area (Å²) >= 11 is 0. The molecule has 0 saturated heterocycles. The van der Waals surface area contributed by atoms with Gasteiger partial charge in [0.05, 0.1) is 5.70 Å². The Labute approximate surface area is 133 Å². The van der Waals surface area contributed by atoms with E-state index in [1.165, 1.54) is 0 Å². The van der Waals surface area contributed by atoms with Gasteiger partial charge < -0.3 is 15.8 Å². The summed E-state index contributed by atoms with van der Waals surface area (Å²) in [5.74, 6) is 0.791. The summed E-state index contributed by atoms with van der Waals surface area (Å²) in [5, 5.41) is 3.09. The Morgan fingerprint density at radius 3 is 2.64 bits per heavy atom. The molecule has 0 heterocycles. The average molecular weight is 301 g/mol. The summed E-state index contributed by atoms with van der Waals surface area (Å²) < 4.78 is 6.04. The van der Waals surface area contributed by atoms with Crippen molar-refractivity contribution in [2.45, 2.75) is 26.9 Å². The number of ether oxygens (including phenoxy) is 1. The smallest absolute Gasteiger partial charge is 0.129 e. The zero-order valence-corrected chi connectivity index (χ0v) is 14.0. The highest BCUT2D eigenvalue weighted by atomic mass is 16.5. The largest absolute Gasteiger partial charge is 0.487 e. The van der Waals surface area contributed by atoms with Gasteiger partial charge in [-0.25, -0.2) is 0 Å². The third kappa shape index (κ3) is 5.13. The van der Waals surface area contributed by atoms with Crippen LogP contribution in [0.25, 0.3) is 5.70 Å². The quantitative estimate of drug-likeness (QED) is 0.726. The second kappa shape index (κ2) is 9.18. The average Bonchev–Trinajstić information content (AvgIpc) is 2.52. The van der Waals surface area contributed by atoms with Gasteiger partial charge in [0, 0.05) is 24.4 Å². The molecule has 3 N–H and O–H groups in total. The number of benzene rings is 1. The first-order valence-corrected chi connectivity index (χ1v) is 7.51. The zero-order chi connectivity index (χ0) is 16.5. The minimum Gasteiger partial charge on any atom is -0.487 e. The third-order valence-corrected chi connectivity index (χ3v) is 3.33.